The fraction of sp³-hybridized carbons (Fsp3) is 0.793. The molecule has 188 valence electrons. The second-order valence-electron chi connectivity index (χ2n) is 13.8. The van der Waals surface area contributed by atoms with E-state index in [1.165, 1.54) is 30.5 Å². The highest BCUT2D eigenvalue weighted by Gasteiger charge is 2.77. The molecular weight excluding hydrogens is 426 g/mol. The first kappa shape index (κ1) is 23.1. The van der Waals surface area contributed by atoms with Gasteiger partial charge in [0.25, 0.3) is 0 Å². The summed E-state index contributed by atoms with van der Waals surface area (Å²) in [7, 11) is 1.78. The largest absolute Gasteiger partial charge is 0.504 e. The lowest BCUT2D eigenvalue weighted by Gasteiger charge is -2.70. The van der Waals surface area contributed by atoms with Crippen LogP contribution in [0.1, 0.15) is 78.4 Å². The number of aromatic hydroxyl groups is 1. The standard InChI is InChI=1S/C29H43NO4/c1-25(2,3)28(6,32)20-15-26(4)21-14-18-10-11-19(31)23-22(18)29(26,24(34-23)27(20,5)33-7)12-13-30(21)16-17-8-9-17/h10-11,17,20-21,24,31-32H,8-9,12-16H2,1-7H3. The molecule has 1 spiro atoms. The maximum Gasteiger partial charge on any atom is 0.165 e. The minimum Gasteiger partial charge on any atom is -0.504 e. The molecule has 1 aromatic rings. The lowest BCUT2D eigenvalue weighted by molar-refractivity contribution is -0.270. The summed E-state index contributed by atoms with van der Waals surface area (Å²) in [6.07, 6.45) is 5.32. The highest BCUT2D eigenvalue weighted by atomic mass is 16.6. The molecule has 0 amide bonds. The monoisotopic (exact) mass is 469 g/mol. The van der Waals surface area contributed by atoms with Crippen LogP contribution < -0.4 is 4.74 Å². The van der Waals surface area contributed by atoms with E-state index in [0.717, 1.165) is 31.7 Å². The van der Waals surface area contributed by atoms with Gasteiger partial charge < -0.3 is 19.7 Å². The maximum absolute atomic E-state index is 12.2. The molecule has 1 saturated heterocycles. The minimum absolute atomic E-state index is 0.0885. The Morgan fingerprint density at radius 2 is 1.88 bits per heavy atom. The zero-order chi connectivity index (χ0) is 24.5. The molecule has 3 fully saturated rings. The van der Waals surface area contributed by atoms with Gasteiger partial charge in [0.2, 0.25) is 0 Å². The van der Waals surface area contributed by atoms with Gasteiger partial charge >= 0.3 is 0 Å². The third-order valence-electron chi connectivity index (χ3n) is 11.4. The normalized spacial score (nSPS) is 42.6. The van der Waals surface area contributed by atoms with Crippen molar-refractivity contribution in [2.75, 3.05) is 20.2 Å². The number of nitrogens with zero attached hydrogens (tertiary/aromatic N) is 1. The molecule has 3 aliphatic carbocycles. The smallest absolute Gasteiger partial charge is 0.165 e. The molecule has 2 saturated carbocycles. The van der Waals surface area contributed by atoms with Crippen LogP contribution in [0.3, 0.4) is 0 Å². The average molecular weight is 470 g/mol. The molecule has 2 bridgehead atoms. The zero-order valence-electron chi connectivity index (χ0n) is 22.1. The van der Waals surface area contributed by atoms with E-state index < -0.39 is 11.2 Å². The van der Waals surface area contributed by atoms with Crippen molar-refractivity contribution in [3.05, 3.63) is 23.3 Å². The second kappa shape index (κ2) is 6.72. The number of phenols is 1. The van der Waals surface area contributed by atoms with E-state index in [1.54, 1.807) is 7.11 Å². The fourth-order valence-corrected chi connectivity index (χ4v) is 8.72. The van der Waals surface area contributed by atoms with Gasteiger partial charge in [-0.2, -0.15) is 0 Å². The van der Waals surface area contributed by atoms with Crippen LogP contribution in [0.4, 0.5) is 0 Å². The summed E-state index contributed by atoms with van der Waals surface area (Å²) >= 11 is 0. The summed E-state index contributed by atoms with van der Waals surface area (Å²) in [6, 6.07) is 4.35. The number of likely N-dealkylation sites (tertiary alicyclic amines) is 1. The van der Waals surface area contributed by atoms with E-state index in [2.05, 4.69) is 45.6 Å². The van der Waals surface area contributed by atoms with Crippen molar-refractivity contribution in [3.8, 4) is 11.5 Å². The molecule has 2 N–H and O–H groups in total. The third kappa shape index (κ3) is 2.57. The number of methoxy groups -OCH3 is 1. The zero-order valence-corrected chi connectivity index (χ0v) is 22.1. The Kier molecular flexibility index (Phi) is 4.57. The van der Waals surface area contributed by atoms with Gasteiger partial charge in [-0.05, 0) is 80.9 Å². The predicted molar refractivity (Wildman–Crippen MR) is 132 cm³/mol. The van der Waals surface area contributed by atoms with Gasteiger partial charge in [0, 0.05) is 36.6 Å². The molecule has 5 nitrogen and oxygen atoms in total. The number of hydrogen-bond donors (Lipinski definition) is 2. The lowest BCUT2D eigenvalue weighted by atomic mass is 9.38. The van der Waals surface area contributed by atoms with Crippen LogP contribution in [0.2, 0.25) is 0 Å². The highest BCUT2D eigenvalue weighted by molar-refractivity contribution is 5.62. The third-order valence-corrected chi connectivity index (χ3v) is 11.4. The van der Waals surface area contributed by atoms with Crippen molar-refractivity contribution >= 4 is 0 Å². The Labute approximate surface area is 204 Å². The Bertz CT molecular complexity index is 1030. The molecule has 6 rings (SSSR count). The van der Waals surface area contributed by atoms with Crippen LogP contribution in [0.25, 0.3) is 0 Å². The van der Waals surface area contributed by atoms with Gasteiger partial charge in [0.05, 0.1) is 5.60 Å². The van der Waals surface area contributed by atoms with Gasteiger partial charge in [-0.3, -0.25) is 4.90 Å². The maximum atomic E-state index is 12.2. The van der Waals surface area contributed by atoms with Gasteiger partial charge in [-0.15, -0.1) is 0 Å². The summed E-state index contributed by atoms with van der Waals surface area (Å²) in [5.74, 6) is 1.63. The number of ether oxygens (including phenoxy) is 2. The fourth-order valence-electron chi connectivity index (χ4n) is 8.72. The molecule has 1 aromatic carbocycles. The van der Waals surface area contributed by atoms with Gasteiger partial charge in [-0.1, -0.05) is 33.8 Å². The summed E-state index contributed by atoms with van der Waals surface area (Å²) in [6.45, 7) is 15.3. The molecular formula is C29H43NO4. The quantitative estimate of drug-likeness (QED) is 0.672. The SMILES string of the molecule is COC1(C)C(C(C)(O)C(C)(C)C)CC2(C)C3Cc4ccc(O)c5c4C2(CCN3CC2CC2)C1O5. The van der Waals surface area contributed by atoms with Crippen molar-refractivity contribution in [2.24, 2.45) is 22.7 Å². The van der Waals surface area contributed by atoms with Crippen LogP contribution in [0, 0.1) is 22.7 Å². The number of rotatable bonds is 4. The second-order valence-corrected chi connectivity index (χ2v) is 13.8. The van der Waals surface area contributed by atoms with Crippen LogP contribution in [-0.4, -0.2) is 58.7 Å². The topological polar surface area (TPSA) is 62.2 Å². The van der Waals surface area contributed by atoms with Crippen LogP contribution >= 0.6 is 0 Å². The summed E-state index contributed by atoms with van der Waals surface area (Å²) < 4.78 is 13.3. The van der Waals surface area contributed by atoms with Gasteiger partial charge in [-0.25, -0.2) is 0 Å². The van der Waals surface area contributed by atoms with Gasteiger partial charge in [0.15, 0.2) is 11.5 Å². The number of benzene rings is 1. The molecule has 7 atom stereocenters. The molecule has 2 aliphatic heterocycles. The minimum atomic E-state index is -0.960. The van der Waals surface area contributed by atoms with Crippen molar-refractivity contribution in [2.45, 2.75) is 102 Å². The lowest BCUT2D eigenvalue weighted by Crippen LogP contribution is -2.79. The van der Waals surface area contributed by atoms with Crippen molar-refractivity contribution in [3.63, 3.8) is 0 Å². The first-order valence-corrected chi connectivity index (χ1v) is 13.3. The van der Waals surface area contributed by atoms with Crippen LogP contribution in [-0.2, 0) is 16.6 Å². The molecule has 5 aliphatic rings. The van der Waals surface area contributed by atoms with Crippen LogP contribution in [0.15, 0.2) is 12.1 Å². The predicted octanol–water partition coefficient (Wildman–Crippen LogP) is 4.66. The number of hydrogen-bond acceptors (Lipinski definition) is 5. The number of piperidine rings is 1. The van der Waals surface area contributed by atoms with Crippen LogP contribution in [0.5, 0.6) is 11.5 Å². The Morgan fingerprint density at radius 3 is 2.50 bits per heavy atom. The molecule has 34 heavy (non-hydrogen) atoms. The van der Waals surface area contributed by atoms with Crippen molar-refractivity contribution in [1.82, 2.24) is 4.90 Å². The Hall–Kier alpha value is -1.30. The van der Waals surface area contributed by atoms with Crippen molar-refractivity contribution in [1.29, 1.82) is 0 Å². The number of aliphatic hydroxyl groups is 1. The Balaban J connectivity index is 1.59. The average Bonchev–Trinajstić information content (AvgIpc) is 3.49. The van der Waals surface area contributed by atoms with Gasteiger partial charge in [0.1, 0.15) is 11.7 Å². The summed E-state index contributed by atoms with van der Waals surface area (Å²) in [5.41, 5.74) is 0.271. The summed E-state index contributed by atoms with van der Waals surface area (Å²) in [4.78, 5) is 2.77. The molecule has 0 radical (unpaired) electrons. The van der Waals surface area contributed by atoms with E-state index in [-0.39, 0.29) is 34.0 Å². The molecule has 0 aromatic heterocycles. The van der Waals surface area contributed by atoms with E-state index in [0.29, 0.717) is 11.8 Å². The first-order valence-electron chi connectivity index (χ1n) is 13.3. The molecule has 5 heteroatoms. The first-order chi connectivity index (χ1) is 15.8. The molecule has 2 heterocycles. The Morgan fingerprint density at radius 1 is 1.18 bits per heavy atom. The van der Waals surface area contributed by atoms with E-state index in [4.69, 9.17) is 9.47 Å². The number of phenolic OH excluding ortho intramolecular Hbond substituents is 1. The van der Waals surface area contributed by atoms with E-state index in [1.807, 2.05) is 13.0 Å². The summed E-state index contributed by atoms with van der Waals surface area (Å²) in [5, 5.41) is 23.1. The van der Waals surface area contributed by atoms with E-state index in [9.17, 15) is 10.2 Å². The van der Waals surface area contributed by atoms with E-state index >= 15 is 0 Å². The highest BCUT2D eigenvalue weighted by Crippen LogP contribution is 2.73. The molecule has 7 unspecified atom stereocenters. The van der Waals surface area contributed by atoms with Crippen molar-refractivity contribution < 1.29 is 19.7 Å².